The first kappa shape index (κ1) is 20.7. The number of rotatable bonds is 5. The van der Waals surface area contributed by atoms with E-state index in [1.165, 1.54) is 5.69 Å². The SMILES string of the molecule is O=C(O)/C=C/C(=O)O.c1cc(N2CCOCC2)ccc1OC1CCNCC1. The van der Waals surface area contributed by atoms with Crippen LogP contribution in [-0.4, -0.2) is 67.6 Å². The lowest BCUT2D eigenvalue weighted by atomic mass is 10.1. The maximum absolute atomic E-state index is 9.55. The molecule has 8 nitrogen and oxygen atoms in total. The van der Waals surface area contributed by atoms with Crippen molar-refractivity contribution >= 4 is 17.6 Å². The van der Waals surface area contributed by atoms with Crippen LogP contribution in [0.25, 0.3) is 0 Å². The molecule has 3 rings (SSSR count). The highest BCUT2D eigenvalue weighted by Crippen LogP contribution is 2.22. The van der Waals surface area contributed by atoms with Gasteiger partial charge in [-0.1, -0.05) is 0 Å². The van der Waals surface area contributed by atoms with Crippen LogP contribution in [0.15, 0.2) is 36.4 Å². The number of hydrogen-bond acceptors (Lipinski definition) is 6. The number of nitrogens with one attached hydrogen (secondary N) is 1. The largest absolute Gasteiger partial charge is 0.490 e. The number of morpholine rings is 1. The molecule has 148 valence electrons. The molecule has 1 aromatic carbocycles. The highest BCUT2D eigenvalue weighted by Gasteiger charge is 2.15. The predicted molar refractivity (Wildman–Crippen MR) is 100 cm³/mol. The Hall–Kier alpha value is -2.58. The van der Waals surface area contributed by atoms with Gasteiger partial charge in [0.2, 0.25) is 0 Å². The molecule has 2 aliphatic rings. The standard InChI is InChI=1S/C15H22N2O2.C4H4O4/c1-3-14(19-15-5-7-16-8-6-15)4-2-13(1)17-9-11-18-12-10-17;5-3(6)1-2-4(7)8/h1-4,15-16H,5-12H2;1-2H,(H,5,6)(H,7,8)/b;2-1+. The molecule has 0 bridgehead atoms. The Labute approximate surface area is 158 Å². The van der Waals surface area contributed by atoms with Crippen LogP contribution < -0.4 is 15.0 Å². The highest BCUT2D eigenvalue weighted by molar-refractivity contribution is 5.89. The molecular formula is C19H26N2O6. The van der Waals surface area contributed by atoms with Crippen molar-refractivity contribution in [1.82, 2.24) is 5.32 Å². The Morgan fingerprint density at radius 1 is 1.04 bits per heavy atom. The Morgan fingerprint density at radius 3 is 2.11 bits per heavy atom. The summed E-state index contributed by atoms with van der Waals surface area (Å²) in [6, 6.07) is 8.49. The van der Waals surface area contributed by atoms with Crippen molar-refractivity contribution in [2.24, 2.45) is 0 Å². The summed E-state index contributed by atoms with van der Waals surface area (Å²) in [5, 5.41) is 19.0. The zero-order chi connectivity index (χ0) is 19.5. The van der Waals surface area contributed by atoms with Crippen molar-refractivity contribution in [3.05, 3.63) is 36.4 Å². The summed E-state index contributed by atoms with van der Waals surface area (Å²) in [5.41, 5.74) is 1.26. The van der Waals surface area contributed by atoms with E-state index in [-0.39, 0.29) is 0 Å². The molecule has 0 amide bonds. The molecule has 0 aromatic heterocycles. The van der Waals surface area contributed by atoms with Crippen LogP contribution in [0.5, 0.6) is 5.75 Å². The van der Waals surface area contributed by atoms with Crippen LogP contribution in [0, 0.1) is 0 Å². The molecule has 0 radical (unpaired) electrons. The second-order valence-corrected chi connectivity index (χ2v) is 6.17. The fourth-order valence-corrected chi connectivity index (χ4v) is 2.81. The van der Waals surface area contributed by atoms with Gasteiger partial charge in [0.1, 0.15) is 11.9 Å². The average molecular weight is 378 g/mol. The molecule has 0 unspecified atom stereocenters. The van der Waals surface area contributed by atoms with Crippen molar-refractivity contribution in [3.63, 3.8) is 0 Å². The molecule has 8 heteroatoms. The van der Waals surface area contributed by atoms with E-state index in [1.807, 2.05) is 0 Å². The van der Waals surface area contributed by atoms with Gasteiger partial charge in [-0.15, -0.1) is 0 Å². The predicted octanol–water partition coefficient (Wildman–Crippen LogP) is 1.37. The third kappa shape index (κ3) is 8.10. The molecule has 2 heterocycles. The molecule has 1 aromatic rings. The maximum atomic E-state index is 9.55. The quantitative estimate of drug-likeness (QED) is 0.659. The average Bonchev–Trinajstić information content (AvgIpc) is 2.69. The Bertz CT molecular complexity index is 604. The number of piperidine rings is 1. The minimum absolute atomic E-state index is 0.371. The number of carboxylic acid groups (broad SMARTS) is 2. The van der Waals surface area contributed by atoms with Gasteiger partial charge in [0.05, 0.1) is 13.2 Å². The van der Waals surface area contributed by atoms with Crippen molar-refractivity contribution in [3.8, 4) is 5.75 Å². The Balaban J connectivity index is 0.000000279. The highest BCUT2D eigenvalue weighted by atomic mass is 16.5. The van der Waals surface area contributed by atoms with Crippen LogP contribution in [-0.2, 0) is 14.3 Å². The molecule has 0 spiro atoms. The lowest BCUT2D eigenvalue weighted by Gasteiger charge is -2.29. The van der Waals surface area contributed by atoms with E-state index < -0.39 is 11.9 Å². The smallest absolute Gasteiger partial charge is 0.328 e. The topological polar surface area (TPSA) is 108 Å². The Morgan fingerprint density at radius 2 is 1.59 bits per heavy atom. The van der Waals surface area contributed by atoms with Crippen LogP contribution >= 0.6 is 0 Å². The summed E-state index contributed by atoms with van der Waals surface area (Å²) in [5.74, 6) is -1.52. The van der Waals surface area contributed by atoms with Gasteiger partial charge in [0.25, 0.3) is 0 Å². The number of anilines is 1. The summed E-state index contributed by atoms with van der Waals surface area (Å²) in [7, 11) is 0. The van der Waals surface area contributed by atoms with Crippen LogP contribution in [0.3, 0.4) is 0 Å². The number of aliphatic carboxylic acids is 2. The van der Waals surface area contributed by atoms with Crippen molar-refractivity contribution < 1.29 is 29.3 Å². The number of benzene rings is 1. The third-order valence-corrected chi connectivity index (χ3v) is 4.17. The van der Waals surface area contributed by atoms with E-state index >= 15 is 0 Å². The molecule has 2 fully saturated rings. The van der Waals surface area contributed by atoms with Crippen LogP contribution in [0.1, 0.15) is 12.8 Å². The van der Waals surface area contributed by atoms with Gasteiger partial charge in [-0.3, -0.25) is 0 Å². The molecular weight excluding hydrogens is 352 g/mol. The van der Waals surface area contributed by atoms with Gasteiger partial charge in [-0.2, -0.15) is 0 Å². The zero-order valence-electron chi connectivity index (χ0n) is 15.2. The monoisotopic (exact) mass is 378 g/mol. The first-order valence-electron chi connectivity index (χ1n) is 8.98. The van der Waals surface area contributed by atoms with Gasteiger partial charge in [-0.05, 0) is 50.2 Å². The van der Waals surface area contributed by atoms with Gasteiger partial charge in [0.15, 0.2) is 0 Å². The van der Waals surface area contributed by atoms with E-state index in [1.54, 1.807) is 0 Å². The van der Waals surface area contributed by atoms with Gasteiger partial charge < -0.3 is 29.9 Å². The summed E-state index contributed by atoms with van der Waals surface area (Å²) in [6.07, 6.45) is 3.69. The lowest BCUT2D eigenvalue weighted by molar-refractivity contribution is -0.134. The van der Waals surface area contributed by atoms with E-state index in [0.29, 0.717) is 18.3 Å². The first-order valence-corrected chi connectivity index (χ1v) is 8.98. The van der Waals surface area contributed by atoms with Crippen molar-refractivity contribution in [2.45, 2.75) is 18.9 Å². The van der Waals surface area contributed by atoms with E-state index in [0.717, 1.165) is 58.0 Å². The van der Waals surface area contributed by atoms with E-state index in [2.05, 4.69) is 34.5 Å². The van der Waals surface area contributed by atoms with Gasteiger partial charge in [0, 0.05) is 30.9 Å². The van der Waals surface area contributed by atoms with Crippen LogP contribution in [0.2, 0.25) is 0 Å². The molecule has 0 atom stereocenters. The fourth-order valence-electron chi connectivity index (χ4n) is 2.81. The molecule has 2 aliphatic heterocycles. The van der Waals surface area contributed by atoms with Crippen molar-refractivity contribution in [2.75, 3.05) is 44.3 Å². The zero-order valence-corrected chi connectivity index (χ0v) is 15.2. The second kappa shape index (κ2) is 11.2. The lowest BCUT2D eigenvalue weighted by Crippen LogP contribution is -2.36. The van der Waals surface area contributed by atoms with Crippen molar-refractivity contribution in [1.29, 1.82) is 0 Å². The number of carbonyl (C=O) groups is 2. The van der Waals surface area contributed by atoms with E-state index in [9.17, 15) is 9.59 Å². The molecule has 27 heavy (non-hydrogen) atoms. The first-order chi connectivity index (χ1) is 13.0. The molecule has 0 aliphatic carbocycles. The van der Waals surface area contributed by atoms with Crippen LogP contribution in [0.4, 0.5) is 5.69 Å². The number of ether oxygens (including phenoxy) is 2. The number of carboxylic acids is 2. The van der Waals surface area contributed by atoms with Gasteiger partial charge in [-0.25, -0.2) is 9.59 Å². The molecule has 0 saturated carbocycles. The Kier molecular flexibility index (Phi) is 8.60. The minimum atomic E-state index is -1.26. The van der Waals surface area contributed by atoms with Gasteiger partial charge >= 0.3 is 11.9 Å². The number of nitrogens with zero attached hydrogens (tertiary/aromatic N) is 1. The summed E-state index contributed by atoms with van der Waals surface area (Å²) in [4.78, 5) is 21.5. The van der Waals surface area contributed by atoms with E-state index in [4.69, 9.17) is 19.7 Å². The summed E-state index contributed by atoms with van der Waals surface area (Å²) >= 11 is 0. The molecule has 2 saturated heterocycles. The summed E-state index contributed by atoms with van der Waals surface area (Å²) in [6.45, 7) is 5.75. The minimum Gasteiger partial charge on any atom is -0.490 e. The fraction of sp³-hybridized carbons (Fsp3) is 0.474. The second-order valence-electron chi connectivity index (χ2n) is 6.17. The summed E-state index contributed by atoms with van der Waals surface area (Å²) < 4.78 is 11.4. The normalized spacial score (nSPS) is 17.9. The number of hydrogen-bond donors (Lipinski definition) is 3. The third-order valence-electron chi connectivity index (χ3n) is 4.17. The molecule has 3 N–H and O–H groups in total. The maximum Gasteiger partial charge on any atom is 0.328 e.